The van der Waals surface area contributed by atoms with Gasteiger partial charge in [0.25, 0.3) is 5.89 Å². The highest BCUT2D eigenvalue weighted by molar-refractivity contribution is 5.51. The van der Waals surface area contributed by atoms with E-state index >= 15 is 0 Å². The summed E-state index contributed by atoms with van der Waals surface area (Å²) in [4.78, 5) is 3.66. The molecule has 2 aromatic heterocycles. The number of halogens is 1. The van der Waals surface area contributed by atoms with Crippen LogP contribution in [0.2, 0.25) is 0 Å². The van der Waals surface area contributed by atoms with E-state index < -0.39 is 5.82 Å². The molecule has 1 N–H and O–H groups in total. The van der Waals surface area contributed by atoms with Gasteiger partial charge in [-0.25, -0.2) is 4.39 Å². The molecule has 0 atom stereocenters. The van der Waals surface area contributed by atoms with Gasteiger partial charge in [0.15, 0.2) is 5.82 Å². The Morgan fingerprint density at radius 3 is 3.06 bits per heavy atom. The normalized spacial score (nSPS) is 10.7. The van der Waals surface area contributed by atoms with Crippen LogP contribution >= 0.6 is 0 Å². The fraction of sp³-hybridized carbons (Fsp3) is 0.364. The predicted molar refractivity (Wildman–Crippen MR) is 59.5 cm³/mol. The van der Waals surface area contributed by atoms with E-state index in [-0.39, 0.29) is 11.5 Å². The zero-order valence-corrected chi connectivity index (χ0v) is 9.48. The third kappa shape index (κ3) is 2.85. The van der Waals surface area contributed by atoms with Crippen molar-refractivity contribution in [2.24, 2.45) is 0 Å². The minimum absolute atomic E-state index is 0.179. The highest BCUT2D eigenvalue weighted by Gasteiger charge is 2.12. The Morgan fingerprint density at radius 1 is 1.41 bits per heavy atom. The third-order valence-electron chi connectivity index (χ3n) is 2.17. The molecule has 0 fully saturated rings. The number of pyridine rings is 1. The van der Waals surface area contributed by atoms with Crippen LogP contribution in [0.1, 0.15) is 19.2 Å². The SMILES string of the molecule is CCCNCc1nnc(-c2ccncc2F)o1. The Kier molecular flexibility index (Phi) is 3.77. The second kappa shape index (κ2) is 5.49. The summed E-state index contributed by atoms with van der Waals surface area (Å²) in [6, 6.07) is 1.51. The van der Waals surface area contributed by atoms with Crippen molar-refractivity contribution < 1.29 is 8.81 Å². The molecular formula is C11H13FN4O. The Bertz CT molecular complexity index is 486. The number of aromatic nitrogens is 3. The summed E-state index contributed by atoms with van der Waals surface area (Å²) in [5, 5.41) is 10.8. The summed E-state index contributed by atoms with van der Waals surface area (Å²) >= 11 is 0. The molecule has 2 rings (SSSR count). The van der Waals surface area contributed by atoms with E-state index in [1.54, 1.807) is 0 Å². The van der Waals surface area contributed by atoms with Crippen molar-refractivity contribution in [1.82, 2.24) is 20.5 Å². The maximum absolute atomic E-state index is 13.4. The molecule has 0 bridgehead atoms. The summed E-state index contributed by atoms with van der Waals surface area (Å²) in [6.45, 7) is 3.44. The van der Waals surface area contributed by atoms with Crippen molar-refractivity contribution in [2.45, 2.75) is 19.9 Å². The smallest absolute Gasteiger partial charge is 0.250 e. The first-order valence-electron chi connectivity index (χ1n) is 5.44. The number of hydrogen-bond donors (Lipinski definition) is 1. The van der Waals surface area contributed by atoms with Gasteiger partial charge in [0, 0.05) is 6.20 Å². The van der Waals surface area contributed by atoms with Gasteiger partial charge >= 0.3 is 0 Å². The van der Waals surface area contributed by atoms with Crippen LogP contribution in [0.15, 0.2) is 22.9 Å². The lowest BCUT2D eigenvalue weighted by Crippen LogP contribution is -2.13. The summed E-state index contributed by atoms with van der Waals surface area (Å²) in [7, 11) is 0. The summed E-state index contributed by atoms with van der Waals surface area (Å²) in [5.41, 5.74) is 0.272. The quantitative estimate of drug-likeness (QED) is 0.801. The topological polar surface area (TPSA) is 63.8 Å². The first-order valence-corrected chi connectivity index (χ1v) is 5.44. The molecule has 0 spiro atoms. The van der Waals surface area contributed by atoms with Crippen LogP contribution in [0.4, 0.5) is 4.39 Å². The fourth-order valence-electron chi connectivity index (χ4n) is 1.35. The van der Waals surface area contributed by atoms with Crippen molar-refractivity contribution in [3.63, 3.8) is 0 Å². The van der Waals surface area contributed by atoms with Crippen LogP contribution in [0, 0.1) is 5.82 Å². The molecule has 0 aliphatic heterocycles. The van der Waals surface area contributed by atoms with Crippen molar-refractivity contribution in [3.05, 3.63) is 30.2 Å². The van der Waals surface area contributed by atoms with E-state index in [0.717, 1.165) is 19.2 Å². The minimum Gasteiger partial charge on any atom is -0.419 e. The van der Waals surface area contributed by atoms with Gasteiger partial charge in [-0.3, -0.25) is 4.98 Å². The molecule has 0 saturated heterocycles. The van der Waals surface area contributed by atoms with E-state index in [2.05, 4.69) is 27.4 Å². The van der Waals surface area contributed by atoms with Crippen molar-refractivity contribution in [1.29, 1.82) is 0 Å². The maximum atomic E-state index is 13.4. The first-order chi connectivity index (χ1) is 8.31. The van der Waals surface area contributed by atoms with E-state index in [4.69, 9.17) is 4.42 Å². The van der Waals surface area contributed by atoms with Crippen LogP contribution in [0.3, 0.4) is 0 Å². The van der Waals surface area contributed by atoms with Crippen LogP contribution in [-0.4, -0.2) is 21.7 Å². The molecule has 0 aliphatic rings. The minimum atomic E-state index is -0.468. The first kappa shape index (κ1) is 11.7. The van der Waals surface area contributed by atoms with Gasteiger partial charge in [0.1, 0.15) is 0 Å². The van der Waals surface area contributed by atoms with Gasteiger partial charge in [-0.1, -0.05) is 6.92 Å². The van der Waals surface area contributed by atoms with Gasteiger partial charge in [0.2, 0.25) is 5.89 Å². The van der Waals surface area contributed by atoms with Gasteiger partial charge in [0.05, 0.1) is 18.3 Å². The average Bonchev–Trinajstić information content (AvgIpc) is 2.79. The summed E-state index contributed by atoms with van der Waals surface area (Å²) in [5.74, 6) is 0.159. The van der Waals surface area contributed by atoms with Gasteiger partial charge in [-0.2, -0.15) is 0 Å². The van der Waals surface area contributed by atoms with Crippen LogP contribution in [-0.2, 0) is 6.54 Å². The molecule has 0 aromatic carbocycles. The van der Waals surface area contributed by atoms with Gasteiger partial charge in [-0.15, -0.1) is 10.2 Å². The second-order valence-corrected chi connectivity index (χ2v) is 3.53. The highest BCUT2D eigenvalue weighted by atomic mass is 19.1. The van der Waals surface area contributed by atoms with E-state index in [9.17, 15) is 4.39 Å². The molecule has 2 heterocycles. The number of hydrogen-bond acceptors (Lipinski definition) is 5. The van der Waals surface area contributed by atoms with Gasteiger partial charge in [-0.05, 0) is 19.0 Å². The van der Waals surface area contributed by atoms with Crippen LogP contribution in [0.25, 0.3) is 11.5 Å². The largest absolute Gasteiger partial charge is 0.419 e. The monoisotopic (exact) mass is 236 g/mol. The average molecular weight is 236 g/mol. The predicted octanol–water partition coefficient (Wildman–Crippen LogP) is 1.77. The molecule has 5 nitrogen and oxygen atoms in total. The van der Waals surface area contributed by atoms with Gasteiger partial charge < -0.3 is 9.73 Å². The molecule has 0 aliphatic carbocycles. The molecule has 0 radical (unpaired) electrons. The Morgan fingerprint density at radius 2 is 2.29 bits per heavy atom. The van der Waals surface area contributed by atoms with Crippen LogP contribution < -0.4 is 5.32 Å². The maximum Gasteiger partial charge on any atom is 0.250 e. The van der Waals surface area contributed by atoms with E-state index in [0.29, 0.717) is 12.4 Å². The summed E-state index contributed by atoms with van der Waals surface area (Å²) in [6.07, 6.45) is 3.63. The molecule has 0 amide bonds. The molecular weight excluding hydrogens is 223 g/mol. The molecule has 0 unspecified atom stereocenters. The zero-order valence-electron chi connectivity index (χ0n) is 9.48. The molecule has 17 heavy (non-hydrogen) atoms. The molecule has 90 valence electrons. The highest BCUT2D eigenvalue weighted by Crippen LogP contribution is 2.19. The van der Waals surface area contributed by atoms with E-state index in [1.807, 2.05) is 0 Å². The number of rotatable bonds is 5. The molecule has 6 heteroatoms. The third-order valence-corrected chi connectivity index (χ3v) is 2.17. The zero-order chi connectivity index (χ0) is 12.1. The van der Waals surface area contributed by atoms with E-state index in [1.165, 1.54) is 12.3 Å². The number of nitrogens with one attached hydrogen (secondary N) is 1. The fourth-order valence-corrected chi connectivity index (χ4v) is 1.35. The lowest BCUT2D eigenvalue weighted by Gasteiger charge is -1.97. The standard InChI is InChI=1S/C11H13FN4O/c1-2-4-13-7-10-15-16-11(17-10)8-3-5-14-6-9(8)12/h3,5-6,13H,2,4,7H2,1H3. The lowest BCUT2D eigenvalue weighted by atomic mass is 10.2. The van der Waals surface area contributed by atoms with Crippen molar-refractivity contribution in [3.8, 4) is 11.5 Å². The Hall–Kier alpha value is -1.82. The summed E-state index contributed by atoms with van der Waals surface area (Å²) < 4.78 is 18.7. The Balaban J connectivity index is 2.10. The van der Waals surface area contributed by atoms with Crippen LogP contribution in [0.5, 0.6) is 0 Å². The second-order valence-electron chi connectivity index (χ2n) is 3.53. The van der Waals surface area contributed by atoms with Crippen molar-refractivity contribution >= 4 is 0 Å². The number of nitrogens with zero attached hydrogens (tertiary/aromatic N) is 3. The Labute approximate surface area is 98.1 Å². The molecule has 0 saturated carbocycles. The lowest BCUT2D eigenvalue weighted by molar-refractivity contribution is 0.474. The molecule has 2 aromatic rings. The van der Waals surface area contributed by atoms with Crippen molar-refractivity contribution in [2.75, 3.05) is 6.54 Å².